The molecule has 6 heteroatoms. The summed E-state index contributed by atoms with van der Waals surface area (Å²) in [6.07, 6.45) is 4.31. The monoisotopic (exact) mass is 318 g/mol. The molecule has 0 radical (unpaired) electrons. The number of rotatable bonds is 4. The highest BCUT2D eigenvalue weighted by atomic mass is 35.5. The predicted molar refractivity (Wildman–Crippen MR) is 81.6 cm³/mol. The quantitative estimate of drug-likeness (QED) is 0.801. The van der Waals surface area contributed by atoms with Gasteiger partial charge >= 0.3 is 5.97 Å². The van der Waals surface area contributed by atoms with Gasteiger partial charge in [-0.2, -0.15) is 0 Å². The van der Waals surface area contributed by atoms with Crippen molar-refractivity contribution in [3.8, 4) is 0 Å². The van der Waals surface area contributed by atoms with Crippen LogP contribution in [0.15, 0.2) is 42.9 Å². The molecule has 1 aromatic carbocycles. The number of hydrogen-bond acceptors (Lipinski definition) is 2. The van der Waals surface area contributed by atoms with E-state index in [4.69, 9.17) is 16.7 Å². The predicted octanol–water partition coefficient (Wildman–Crippen LogP) is 3.50. The Morgan fingerprint density at radius 2 is 2.14 bits per heavy atom. The molecule has 0 saturated carbocycles. The summed E-state index contributed by atoms with van der Waals surface area (Å²) in [7, 11) is 0. The van der Waals surface area contributed by atoms with Gasteiger partial charge in [-0.15, -0.1) is 0 Å². The molecule has 3 rings (SSSR count). The van der Waals surface area contributed by atoms with Gasteiger partial charge in [0.05, 0.1) is 19.2 Å². The fourth-order valence-corrected chi connectivity index (χ4v) is 2.67. The molecule has 2 heterocycles. The first-order chi connectivity index (χ1) is 10.5. The van der Waals surface area contributed by atoms with E-state index < -0.39 is 11.8 Å². The summed E-state index contributed by atoms with van der Waals surface area (Å²) < 4.78 is 15.6. The highest BCUT2D eigenvalue weighted by Crippen LogP contribution is 2.26. The number of nitrogens with zero attached hydrogens (tertiary/aromatic N) is 2. The van der Waals surface area contributed by atoms with E-state index in [1.54, 1.807) is 24.4 Å². The van der Waals surface area contributed by atoms with Crippen molar-refractivity contribution in [1.82, 2.24) is 9.55 Å². The molecule has 1 N–H and O–H groups in total. The number of fused-ring (bicyclic) bond motifs is 1. The Morgan fingerprint density at radius 3 is 2.86 bits per heavy atom. The highest BCUT2D eigenvalue weighted by Gasteiger charge is 2.13. The van der Waals surface area contributed by atoms with Gasteiger partial charge in [-0.1, -0.05) is 11.6 Å². The number of carboxylic acids is 1. The lowest BCUT2D eigenvalue weighted by molar-refractivity contribution is -0.136. The Bertz CT molecular complexity index is 860. The molecule has 0 saturated heterocycles. The zero-order valence-electron chi connectivity index (χ0n) is 11.5. The van der Waals surface area contributed by atoms with E-state index in [0.717, 1.165) is 17.1 Å². The number of pyridine rings is 1. The number of aliphatic carboxylic acids is 1. The number of aromatic nitrogens is 2. The largest absolute Gasteiger partial charge is 0.481 e. The van der Waals surface area contributed by atoms with Crippen LogP contribution >= 0.6 is 11.6 Å². The molecule has 4 nitrogen and oxygen atoms in total. The molecule has 0 unspecified atom stereocenters. The molecule has 0 amide bonds. The molecule has 0 aliphatic carbocycles. The van der Waals surface area contributed by atoms with Gasteiger partial charge in [0, 0.05) is 33.9 Å². The summed E-state index contributed by atoms with van der Waals surface area (Å²) in [5.41, 5.74) is 1.96. The van der Waals surface area contributed by atoms with Crippen LogP contribution in [0.5, 0.6) is 0 Å². The van der Waals surface area contributed by atoms with E-state index in [-0.39, 0.29) is 6.42 Å². The Morgan fingerprint density at radius 1 is 1.32 bits per heavy atom. The van der Waals surface area contributed by atoms with Crippen LogP contribution in [0.25, 0.3) is 10.9 Å². The SMILES string of the molecule is O=C(O)Cc1cn(Cc2ccncc2F)c2ccc(Cl)cc12. The Hall–Kier alpha value is -2.40. The second kappa shape index (κ2) is 5.77. The molecule has 0 aliphatic heterocycles. The van der Waals surface area contributed by atoms with Gasteiger partial charge in [0.25, 0.3) is 0 Å². The van der Waals surface area contributed by atoms with Crippen molar-refractivity contribution in [2.45, 2.75) is 13.0 Å². The van der Waals surface area contributed by atoms with Crippen LogP contribution in [-0.2, 0) is 17.8 Å². The zero-order valence-corrected chi connectivity index (χ0v) is 12.2. The number of benzene rings is 1. The third-order valence-corrected chi connectivity index (χ3v) is 3.70. The van der Waals surface area contributed by atoms with Crippen LogP contribution in [0.2, 0.25) is 5.02 Å². The van der Waals surface area contributed by atoms with Crippen molar-refractivity contribution < 1.29 is 14.3 Å². The van der Waals surface area contributed by atoms with E-state index in [9.17, 15) is 9.18 Å². The van der Waals surface area contributed by atoms with Crippen molar-refractivity contribution in [1.29, 1.82) is 0 Å². The Kier molecular flexibility index (Phi) is 3.81. The fraction of sp³-hybridized carbons (Fsp3) is 0.125. The summed E-state index contributed by atoms with van der Waals surface area (Å²) in [4.78, 5) is 14.7. The maximum absolute atomic E-state index is 13.8. The highest BCUT2D eigenvalue weighted by molar-refractivity contribution is 6.31. The third-order valence-electron chi connectivity index (χ3n) is 3.46. The molecule has 0 fully saturated rings. The first-order valence-electron chi connectivity index (χ1n) is 6.62. The topological polar surface area (TPSA) is 55.1 Å². The van der Waals surface area contributed by atoms with Crippen LogP contribution in [0.3, 0.4) is 0 Å². The van der Waals surface area contributed by atoms with E-state index in [1.165, 1.54) is 6.20 Å². The zero-order chi connectivity index (χ0) is 15.7. The van der Waals surface area contributed by atoms with E-state index in [1.807, 2.05) is 10.6 Å². The van der Waals surface area contributed by atoms with Crippen LogP contribution in [0.1, 0.15) is 11.1 Å². The first kappa shape index (κ1) is 14.5. The second-order valence-electron chi connectivity index (χ2n) is 4.98. The molecule has 112 valence electrons. The first-order valence-corrected chi connectivity index (χ1v) is 7.00. The van der Waals surface area contributed by atoms with Crippen LogP contribution < -0.4 is 0 Å². The van der Waals surface area contributed by atoms with Crippen molar-refractivity contribution in [2.24, 2.45) is 0 Å². The summed E-state index contributed by atoms with van der Waals surface area (Å²) in [5, 5.41) is 10.3. The Balaban J connectivity index is 2.10. The minimum absolute atomic E-state index is 0.108. The Labute approximate surface area is 130 Å². The molecule has 0 bridgehead atoms. The average molecular weight is 319 g/mol. The minimum Gasteiger partial charge on any atom is -0.481 e. The van der Waals surface area contributed by atoms with Gasteiger partial charge in [0.2, 0.25) is 0 Å². The van der Waals surface area contributed by atoms with Crippen LogP contribution in [0.4, 0.5) is 4.39 Å². The maximum Gasteiger partial charge on any atom is 0.307 e. The minimum atomic E-state index is -0.922. The van der Waals surface area contributed by atoms with Gasteiger partial charge in [-0.25, -0.2) is 4.39 Å². The van der Waals surface area contributed by atoms with Gasteiger partial charge in [0.15, 0.2) is 0 Å². The number of halogens is 2. The standard InChI is InChI=1S/C16H12ClFN2O2/c17-12-1-2-15-13(6-12)11(5-16(21)22)9-20(15)8-10-3-4-19-7-14(10)18/h1-4,6-7,9H,5,8H2,(H,21,22). The van der Waals surface area contributed by atoms with E-state index >= 15 is 0 Å². The van der Waals surface area contributed by atoms with Crippen molar-refractivity contribution in [2.75, 3.05) is 0 Å². The van der Waals surface area contributed by atoms with E-state index in [2.05, 4.69) is 4.98 Å². The summed E-state index contributed by atoms with van der Waals surface area (Å²) in [5.74, 6) is -1.31. The lowest BCUT2D eigenvalue weighted by Gasteiger charge is -2.06. The smallest absolute Gasteiger partial charge is 0.307 e. The van der Waals surface area contributed by atoms with Gasteiger partial charge in [0.1, 0.15) is 5.82 Å². The lowest BCUT2D eigenvalue weighted by Crippen LogP contribution is -2.02. The van der Waals surface area contributed by atoms with Gasteiger partial charge in [-0.05, 0) is 29.8 Å². The third kappa shape index (κ3) is 2.80. The number of carbonyl (C=O) groups is 1. The maximum atomic E-state index is 13.8. The van der Waals surface area contributed by atoms with Gasteiger partial charge in [-0.3, -0.25) is 9.78 Å². The molecular formula is C16H12ClFN2O2. The fourth-order valence-electron chi connectivity index (χ4n) is 2.49. The van der Waals surface area contributed by atoms with E-state index in [0.29, 0.717) is 22.7 Å². The summed E-state index contributed by atoms with van der Waals surface area (Å²) in [6, 6.07) is 6.87. The normalized spacial score (nSPS) is 11.0. The number of hydrogen-bond donors (Lipinski definition) is 1. The van der Waals surface area contributed by atoms with Crippen molar-refractivity contribution >= 4 is 28.5 Å². The van der Waals surface area contributed by atoms with Crippen molar-refractivity contribution in [3.63, 3.8) is 0 Å². The lowest BCUT2D eigenvalue weighted by atomic mass is 10.1. The van der Waals surface area contributed by atoms with Gasteiger partial charge < -0.3 is 9.67 Å². The molecule has 3 aromatic rings. The molecule has 0 atom stereocenters. The average Bonchev–Trinajstić information content (AvgIpc) is 2.78. The second-order valence-corrected chi connectivity index (χ2v) is 5.42. The molecule has 2 aromatic heterocycles. The van der Waals surface area contributed by atoms with Crippen LogP contribution in [-0.4, -0.2) is 20.6 Å². The molecule has 0 aliphatic rings. The summed E-state index contributed by atoms with van der Waals surface area (Å²) >= 11 is 6.00. The molecular weight excluding hydrogens is 307 g/mol. The van der Waals surface area contributed by atoms with Crippen LogP contribution in [0, 0.1) is 5.82 Å². The molecule has 0 spiro atoms. The van der Waals surface area contributed by atoms with Crippen molar-refractivity contribution in [3.05, 3.63) is 64.8 Å². The molecule has 22 heavy (non-hydrogen) atoms. The summed E-state index contributed by atoms with van der Waals surface area (Å²) in [6.45, 7) is 0.298. The number of carboxylic acid groups (broad SMARTS) is 1.